The van der Waals surface area contributed by atoms with Gasteiger partial charge in [-0.15, -0.1) is 0 Å². The molecule has 2 aliphatic rings. The molecule has 11 heteroatoms. The van der Waals surface area contributed by atoms with Crippen molar-refractivity contribution in [3.8, 4) is 5.75 Å². The van der Waals surface area contributed by atoms with Gasteiger partial charge in [0, 0.05) is 0 Å². The lowest BCUT2D eigenvalue weighted by molar-refractivity contribution is -0.353. The van der Waals surface area contributed by atoms with E-state index in [1.807, 2.05) is 0 Å². The third-order valence-corrected chi connectivity index (χ3v) is 5.49. The summed E-state index contributed by atoms with van der Waals surface area (Å²) >= 11 is 0. The zero-order valence-corrected chi connectivity index (χ0v) is 15.4. The van der Waals surface area contributed by atoms with Gasteiger partial charge in [-0.3, -0.25) is 0 Å². The lowest BCUT2D eigenvalue weighted by Gasteiger charge is -2.50. The molecule has 0 aromatic heterocycles. The summed E-state index contributed by atoms with van der Waals surface area (Å²) in [6, 6.07) is 6.00. The number of aliphatic hydroxyl groups is 7. The standard InChI is InChI=1S/C18H26O11/c19-5-11-18(26,15-14(24)17(25,7-20)8-28-15)13(23)12(22)16(29-11)27-6-9-1-3-10(21)4-2-9/h1-4,11-16,19-26H,5-8H2/t11-,12-,13-,14+,15-,16-,17?,18-/m1/s1. The Hall–Kier alpha value is -1.38. The van der Waals surface area contributed by atoms with Gasteiger partial charge in [0.25, 0.3) is 0 Å². The maximum Gasteiger partial charge on any atom is 0.187 e. The molecule has 11 nitrogen and oxygen atoms in total. The van der Waals surface area contributed by atoms with Crippen molar-refractivity contribution in [3.63, 3.8) is 0 Å². The van der Waals surface area contributed by atoms with E-state index < -0.39 is 67.8 Å². The molecule has 0 amide bonds. The van der Waals surface area contributed by atoms with E-state index in [0.717, 1.165) is 0 Å². The van der Waals surface area contributed by atoms with E-state index in [-0.39, 0.29) is 12.4 Å². The Balaban J connectivity index is 1.76. The Morgan fingerprint density at radius 2 is 1.69 bits per heavy atom. The molecule has 0 bridgehead atoms. The zero-order valence-electron chi connectivity index (χ0n) is 15.4. The Bertz CT molecular complexity index is 681. The van der Waals surface area contributed by atoms with Crippen LogP contribution in [0.1, 0.15) is 5.56 Å². The predicted octanol–water partition coefficient (Wildman–Crippen LogP) is -3.44. The summed E-state index contributed by atoms with van der Waals surface area (Å²) in [4.78, 5) is 0. The summed E-state index contributed by atoms with van der Waals surface area (Å²) in [7, 11) is 0. The third-order valence-electron chi connectivity index (χ3n) is 5.49. The summed E-state index contributed by atoms with van der Waals surface area (Å²) < 4.78 is 16.1. The number of hydrogen-bond acceptors (Lipinski definition) is 11. The van der Waals surface area contributed by atoms with Crippen molar-refractivity contribution in [1.29, 1.82) is 0 Å². The minimum Gasteiger partial charge on any atom is -0.508 e. The lowest BCUT2D eigenvalue weighted by atomic mass is 9.76. The molecule has 0 radical (unpaired) electrons. The predicted molar refractivity (Wildman–Crippen MR) is 93.4 cm³/mol. The first kappa shape index (κ1) is 22.3. The Labute approximate surface area is 165 Å². The summed E-state index contributed by atoms with van der Waals surface area (Å²) in [6.45, 7) is -2.32. The van der Waals surface area contributed by atoms with Crippen molar-refractivity contribution in [2.75, 3.05) is 19.8 Å². The molecule has 0 saturated carbocycles. The molecule has 0 aliphatic carbocycles. The summed E-state index contributed by atoms with van der Waals surface area (Å²) in [5.41, 5.74) is -3.97. The average Bonchev–Trinajstić information content (AvgIpc) is 3.02. The fourth-order valence-electron chi connectivity index (χ4n) is 3.63. The van der Waals surface area contributed by atoms with Gasteiger partial charge >= 0.3 is 0 Å². The van der Waals surface area contributed by atoms with Gasteiger partial charge in [-0.1, -0.05) is 12.1 Å². The SMILES string of the molecule is OC[C@H]1O[C@@H](OCc2ccc(O)cc2)[C@H](O)[C@@H](O)[C@@]1(O)[C@@H]1OCC(O)(CO)[C@H]1O. The van der Waals surface area contributed by atoms with E-state index in [0.29, 0.717) is 5.56 Å². The first-order valence-electron chi connectivity index (χ1n) is 9.04. The molecule has 164 valence electrons. The maximum absolute atomic E-state index is 11.0. The zero-order chi connectivity index (χ0) is 21.4. The molecule has 0 spiro atoms. The van der Waals surface area contributed by atoms with Crippen molar-refractivity contribution in [3.05, 3.63) is 29.8 Å². The number of rotatable bonds is 6. The summed E-state index contributed by atoms with van der Waals surface area (Å²) in [6.07, 6.45) is -10.3. The van der Waals surface area contributed by atoms with Gasteiger partial charge in [-0.2, -0.15) is 0 Å². The first-order valence-corrected chi connectivity index (χ1v) is 9.04. The maximum atomic E-state index is 11.0. The normalized spacial score (nSPS) is 42.9. The molecular formula is C18H26O11. The topological polar surface area (TPSA) is 190 Å². The second-order valence-electron chi connectivity index (χ2n) is 7.41. The van der Waals surface area contributed by atoms with Crippen molar-refractivity contribution in [2.24, 2.45) is 0 Å². The van der Waals surface area contributed by atoms with E-state index in [4.69, 9.17) is 14.2 Å². The molecular weight excluding hydrogens is 392 g/mol. The first-order chi connectivity index (χ1) is 13.7. The average molecular weight is 418 g/mol. The van der Waals surface area contributed by atoms with Crippen LogP contribution in [0.4, 0.5) is 0 Å². The van der Waals surface area contributed by atoms with Gasteiger partial charge in [0.15, 0.2) is 11.9 Å². The van der Waals surface area contributed by atoms with Gasteiger partial charge in [0.1, 0.15) is 41.9 Å². The van der Waals surface area contributed by atoms with Gasteiger partial charge in [0.2, 0.25) is 0 Å². The van der Waals surface area contributed by atoms with E-state index in [9.17, 15) is 40.9 Å². The second-order valence-corrected chi connectivity index (χ2v) is 7.41. The molecule has 1 aromatic rings. The third kappa shape index (κ3) is 3.86. The number of benzene rings is 1. The van der Waals surface area contributed by atoms with E-state index in [1.54, 1.807) is 12.1 Å². The van der Waals surface area contributed by atoms with Crippen LogP contribution in [-0.4, -0.2) is 109 Å². The van der Waals surface area contributed by atoms with Crippen LogP contribution in [0.2, 0.25) is 0 Å². The van der Waals surface area contributed by atoms with Crippen LogP contribution >= 0.6 is 0 Å². The van der Waals surface area contributed by atoms with Gasteiger partial charge < -0.3 is 55.1 Å². The molecule has 8 atom stereocenters. The number of aliphatic hydroxyl groups excluding tert-OH is 5. The molecule has 2 saturated heterocycles. The van der Waals surface area contributed by atoms with Gasteiger partial charge in [0.05, 0.1) is 26.4 Å². The lowest BCUT2D eigenvalue weighted by Crippen LogP contribution is -2.73. The van der Waals surface area contributed by atoms with Crippen molar-refractivity contribution in [1.82, 2.24) is 0 Å². The molecule has 2 heterocycles. The second kappa shape index (κ2) is 8.40. The molecule has 2 fully saturated rings. The molecule has 1 aromatic carbocycles. The molecule has 8 N–H and O–H groups in total. The molecule has 2 aliphatic heterocycles. The van der Waals surface area contributed by atoms with Gasteiger partial charge in [-0.25, -0.2) is 0 Å². The van der Waals surface area contributed by atoms with Crippen LogP contribution in [-0.2, 0) is 20.8 Å². The molecule has 3 rings (SSSR count). The van der Waals surface area contributed by atoms with Crippen molar-refractivity contribution < 1.29 is 55.1 Å². The molecule has 29 heavy (non-hydrogen) atoms. The highest BCUT2D eigenvalue weighted by molar-refractivity contribution is 5.25. The van der Waals surface area contributed by atoms with E-state index in [1.165, 1.54) is 12.1 Å². The summed E-state index contributed by atoms with van der Waals surface area (Å²) in [5.74, 6) is 0.0569. The van der Waals surface area contributed by atoms with Crippen LogP contribution in [0.3, 0.4) is 0 Å². The van der Waals surface area contributed by atoms with Crippen LogP contribution in [0.15, 0.2) is 24.3 Å². The molecule has 1 unspecified atom stereocenters. The highest BCUT2D eigenvalue weighted by Gasteiger charge is 2.65. The number of aromatic hydroxyl groups is 1. The van der Waals surface area contributed by atoms with Gasteiger partial charge in [-0.05, 0) is 17.7 Å². The van der Waals surface area contributed by atoms with E-state index >= 15 is 0 Å². The fourth-order valence-corrected chi connectivity index (χ4v) is 3.63. The van der Waals surface area contributed by atoms with Crippen molar-refractivity contribution >= 4 is 0 Å². The minimum atomic E-state index is -2.51. The van der Waals surface area contributed by atoms with Crippen LogP contribution in [0.5, 0.6) is 5.75 Å². The van der Waals surface area contributed by atoms with Crippen LogP contribution in [0, 0.1) is 0 Å². The highest BCUT2D eigenvalue weighted by Crippen LogP contribution is 2.40. The quantitative estimate of drug-likeness (QED) is 0.229. The fraction of sp³-hybridized carbons (Fsp3) is 0.667. The Morgan fingerprint density at radius 3 is 2.24 bits per heavy atom. The highest BCUT2D eigenvalue weighted by atomic mass is 16.7. The number of hydrogen-bond donors (Lipinski definition) is 8. The Kier molecular flexibility index (Phi) is 6.46. The van der Waals surface area contributed by atoms with Crippen LogP contribution < -0.4 is 0 Å². The largest absolute Gasteiger partial charge is 0.508 e. The van der Waals surface area contributed by atoms with Crippen molar-refractivity contribution in [2.45, 2.75) is 54.6 Å². The van der Waals surface area contributed by atoms with Crippen LogP contribution in [0.25, 0.3) is 0 Å². The monoisotopic (exact) mass is 418 g/mol. The minimum absolute atomic E-state index is 0.0569. The number of ether oxygens (including phenoxy) is 3. The smallest absolute Gasteiger partial charge is 0.187 e. The van der Waals surface area contributed by atoms with E-state index in [2.05, 4.69) is 0 Å². The number of phenolic OH excluding ortho intramolecular Hbond substituents is 1. The Morgan fingerprint density at radius 1 is 1.03 bits per heavy atom. The number of phenols is 1. The summed E-state index contributed by atoms with van der Waals surface area (Å²) in [5, 5.41) is 80.8.